The van der Waals surface area contributed by atoms with Gasteiger partial charge < -0.3 is 9.73 Å². The molecular weight excluding hydrogens is 376 g/mol. The Kier molecular flexibility index (Phi) is 5.31. The molecule has 2 aromatic carbocycles. The van der Waals surface area contributed by atoms with Crippen LogP contribution in [0.5, 0.6) is 0 Å². The normalized spacial score (nSPS) is 11.6. The molecule has 3 N–H and O–H groups in total. The van der Waals surface area contributed by atoms with Crippen molar-refractivity contribution >= 4 is 38.5 Å². The Morgan fingerprint density at radius 3 is 2.58 bits per heavy atom. The fraction of sp³-hybridized carbons (Fsp3) is 0.167. The molecule has 3 rings (SSSR count). The van der Waals surface area contributed by atoms with Crippen LogP contribution in [0.4, 0.5) is 0 Å². The first-order valence-electron chi connectivity index (χ1n) is 7.87. The van der Waals surface area contributed by atoms with Gasteiger partial charge in [0.2, 0.25) is 15.9 Å². The SMILES string of the molecule is NS(=O)(=O)c1ccc(CCNC(=O)Cc2coc3ccc(Cl)cc23)cc1. The third-order valence-electron chi connectivity index (χ3n) is 3.95. The van der Waals surface area contributed by atoms with Crippen LogP contribution in [0.1, 0.15) is 11.1 Å². The molecule has 0 atom stereocenters. The van der Waals surface area contributed by atoms with Gasteiger partial charge in [0.15, 0.2) is 0 Å². The maximum Gasteiger partial charge on any atom is 0.238 e. The Morgan fingerprint density at radius 1 is 1.15 bits per heavy atom. The van der Waals surface area contributed by atoms with Gasteiger partial charge in [0, 0.05) is 22.5 Å². The lowest BCUT2D eigenvalue weighted by Crippen LogP contribution is -2.27. The van der Waals surface area contributed by atoms with Crippen LogP contribution in [0, 0.1) is 0 Å². The molecule has 1 aromatic heterocycles. The zero-order chi connectivity index (χ0) is 18.7. The number of nitrogens with one attached hydrogen (secondary N) is 1. The van der Waals surface area contributed by atoms with E-state index in [1.165, 1.54) is 12.1 Å². The lowest BCUT2D eigenvalue weighted by atomic mass is 10.1. The minimum atomic E-state index is -3.69. The van der Waals surface area contributed by atoms with Crippen LogP contribution >= 0.6 is 11.6 Å². The highest BCUT2D eigenvalue weighted by molar-refractivity contribution is 7.89. The summed E-state index contributed by atoms with van der Waals surface area (Å²) >= 11 is 5.99. The maximum absolute atomic E-state index is 12.1. The highest BCUT2D eigenvalue weighted by Crippen LogP contribution is 2.25. The summed E-state index contributed by atoms with van der Waals surface area (Å²) in [5.41, 5.74) is 2.36. The number of fused-ring (bicyclic) bond motifs is 1. The van der Waals surface area contributed by atoms with E-state index >= 15 is 0 Å². The summed E-state index contributed by atoms with van der Waals surface area (Å²) in [6, 6.07) is 11.5. The largest absolute Gasteiger partial charge is 0.464 e. The van der Waals surface area contributed by atoms with Crippen LogP contribution in [-0.2, 0) is 27.7 Å². The topological polar surface area (TPSA) is 102 Å². The van der Waals surface area contributed by atoms with Gasteiger partial charge in [0.1, 0.15) is 5.58 Å². The number of rotatable bonds is 6. The Labute approximate surface area is 156 Å². The van der Waals surface area contributed by atoms with Gasteiger partial charge in [-0.25, -0.2) is 13.6 Å². The van der Waals surface area contributed by atoms with Gasteiger partial charge in [-0.2, -0.15) is 0 Å². The third kappa shape index (κ3) is 4.43. The van der Waals surface area contributed by atoms with Crippen LogP contribution < -0.4 is 10.5 Å². The molecule has 0 aliphatic heterocycles. The average Bonchev–Trinajstić information content (AvgIpc) is 2.96. The molecule has 6 nitrogen and oxygen atoms in total. The van der Waals surface area contributed by atoms with Crippen LogP contribution in [0.15, 0.2) is 58.0 Å². The summed E-state index contributed by atoms with van der Waals surface area (Å²) in [5, 5.41) is 9.31. The third-order valence-corrected chi connectivity index (χ3v) is 5.12. The first kappa shape index (κ1) is 18.4. The summed E-state index contributed by atoms with van der Waals surface area (Å²) in [7, 11) is -3.69. The van der Waals surface area contributed by atoms with Crippen LogP contribution in [0.2, 0.25) is 5.02 Å². The van der Waals surface area contributed by atoms with Crippen molar-refractivity contribution in [3.63, 3.8) is 0 Å². The second-order valence-electron chi connectivity index (χ2n) is 5.87. The molecule has 3 aromatic rings. The molecule has 26 heavy (non-hydrogen) atoms. The van der Waals surface area contributed by atoms with Crippen molar-refractivity contribution in [1.82, 2.24) is 5.32 Å². The molecule has 0 saturated carbocycles. The van der Waals surface area contributed by atoms with E-state index in [2.05, 4.69) is 5.32 Å². The quantitative estimate of drug-likeness (QED) is 0.673. The van der Waals surface area contributed by atoms with Gasteiger partial charge in [-0.15, -0.1) is 0 Å². The zero-order valence-corrected chi connectivity index (χ0v) is 15.3. The van der Waals surface area contributed by atoms with Crippen molar-refractivity contribution in [2.45, 2.75) is 17.7 Å². The maximum atomic E-state index is 12.1. The van der Waals surface area contributed by atoms with E-state index in [4.69, 9.17) is 21.2 Å². The number of hydrogen-bond donors (Lipinski definition) is 2. The molecule has 0 radical (unpaired) electrons. The van der Waals surface area contributed by atoms with Gasteiger partial charge in [0.25, 0.3) is 0 Å². The molecule has 0 saturated heterocycles. The minimum Gasteiger partial charge on any atom is -0.464 e. The number of sulfonamides is 1. The van der Waals surface area contributed by atoms with Crippen molar-refractivity contribution in [2.24, 2.45) is 5.14 Å². The zero-order valence-electron chi connectivity index (χ0n) is 13.7. The molecular formula is C18H17ClN2O4S. The van der Waals surface area contributed by atoms with Gasteiger partial charge in [-0.1, -0.05) is 23.7 Å². The molecule has 0 fully saturated rings. The van der Waals surface area contributed by atoms with Crippen molar-refractivity contribution in [1.29, 1.82) is 0 Å². The Morgan fingerprint density at radius 2 is 1.88 bits per heavy atom. The van der Waals surface area contributed by atoms with Gasteiger partial charge in [0.05, 0.1) is 17.6 Å². The van der Waals surface area contributed by atoms with E-state index in [0.717, 1.165) is 16.5 Å². The minimum absolute atomic E-state index is 0.0655. The molecule has 8 heteroatoms. The summed E-state index contributed by atoms with van der Waals surface area (Å²) in [5.74, 6) is -0.131. The van der Waals surface area contributed by atoms with Gasteiger partial charge in [-0.05, 0) is 42.3 Å². The van der Waals surface area contributed by atoms with Gasteiger partial charge in [-0.3, -0.25) is 4.79 Å². The molecule has 0 bridgehead atoms. The number of amides is 1. The first-order valence-corrected chi connectivity index (χ1v) is 9.79. The first-order chi connectivity index (χ1) is 12.3. The second-order valence-corrected chi connectivity index (χ2v) is 7.86. The standard InChI is InChI=1S/C18H17ClN2O4S/c19-14-3-6-17-16(10-14)13(11-25-17)9-18(22)21-8-7-12-1-4-15(5-2-12)26(20,23)24/h1-6,10-11H,7-9H2,(H,21,22)(H2,20,23,24). The number of carbonyl (C=O) groups is 1. The summed E-state index contributed by atoms with van der Waals surface area (Å²) in [6.45, 7) is 0.435. The lowest BCUT2D eigenvalue weighted by molar-refractivity contribution is -0.120. The number of nitrogens with two attached hydrogens (primary N) is 1. The predicted octanol–water partition coefficient (Wildman–Crippen LogP) is 2.64. The van der Waals surface area contributed by atoms with E-state index in [1.54, 1.807) is 36.6 Å². The van der Waals surface area contributed by atoms with Gasteiger partial charge >= 0.3 is 0 Å². The molecule has 136 valence electrons. The van der Waals surface area contributed by atoms with Crippen LogP contribution in [-0.4, -0.2) is 20.9 Å². The molecule has 1 heterocycles. The summed E-state index contributed by atoms with van der Waals surface area (Å²) in [6.07, 6.45) is 2.33. The van der Waals surface area contributed by atoms with E-state index in [1.807, 2.05) is 0 Å². The van der Waals surface area contributed by atoms with E-state index in [0.29, 0.717) is 23.6 Å². The highest BCUT2D eigenvalue weighted by atomic mass is 35.5. The second kappa shape index (κ2) is 7.49. The van der Waals surface area contributed by atoms with Crippen molar-refractivity contribution in [2.75, 3.05) is 6.54 Å². The predicted molar refractivity (Wildman–Crippen MR) is 99.5 cm³/mol. The van der Waals surface area contributed by atoms with E-state index in [-0.39, 0.29) is 17.2 Å². The number of benzene rings is 2. The Bertz CT molecular complexity index is 1040. The number of furan rings is 1. The van der Waals surface area contributed by atoms with E-state index < -0.39 is 10.0 Å². The van der Waals surface area contributed by atoms with Crippen molar-refractivity contribution < 1.29 is 17.6 Å². The smallest absolute Gasteiger partial charge is 0.238 e. The summed E-state index contributed by atoms with van der Waals surface area (Å²) < 4.78 is 27.9. The van der Waals surface area contributed by atoms with Crippen molar-refractivity contribution in [3.05, 3.63) is 64.9 Å². The number of carbonyl (C=O) groups excluding carboxylic acids is 1. The lowest BCUT2D eigenvalue weighted by Gasteiger charge is -2.06. The monoisotopic (exact) mass is 392 g/mol. The van der Waals surface area contributed by atoms with Crippen LogP contribution in [0.3, 0.4) is 0 Å². The number of halogens is 1. The number of hydrogen-bond acceptors (Lipinski definition) is 4. The van der Waals surface area contributed by atoms with Crippen LogP contribution in [0.25, 0.3) is 11.0 Å². The van der Waals surface area contributed by atoms with Crippen molar-refractivity contribution in [3.8, 4) is 0 Å². The van der Waals surface area contributed by atoms with E-state index in [9.17, 15) is 13.2 Å². The fourth-order valence-corrected chi connectivity index (χ4v) is 3.31. The highest BCUT2D eigenvalue weighted by Gasteiger charge is 2.11. The molecule has 0 unspecified atom stereocenters. The molecule has 1 amide bonds. The summed E-state index contributed by atoms with van der Waals surface area (Å²) in [4.78, 5) is 12.2. The number of primary sulfonamides is 1. The molecule has 0 aliphatic rings. The molecule has 0 aliphatic carbocycles. The Hall–Kier alpha value is -2.35. The fourth-order valence-electron chi connectivity index (χ4n) is 2.62. The average molecular weight is 393 g/mol. The molecule has 0 spiro atoms. The Balaban J connectivity index is 1.55.